The van der Waals surface area contributed by atoms with E-state index in [1.165, 1.54) is 11.9 Å². The van der Waals surface area contributed by atoms with Crippen LogP contribution in [-0.2, 0) is 17.8 Å². The van der Waals surface area contributed by atoms with Crippen molar-refractivity contribution < 1.29 is 18.0 Å². The number of rotatable bonds is 5. The van der Waals surface area contributed by atoms with Gasteiger partial charge < -0.3 is 20.5 Å². The van der Waals surface area contributed by atoms with Crippen molar-refractivity contribution >= 4 is 22.7 Å². The van der Waals surface area contributed by atoms with Gasteiger partial charge in [-0.25, -0.2) is 4.98 Å². The summed E-state index contributed by atoms with van der Waals surface area (Å²) in [4.78, 5) is 22.4. The molecule has 0 bridgehead atoms. The summed E-state index contributed by atoms with van der Waals surface area (Å²) < 4.78 is 39.9. The Balaban J connectivity index is 1.52. The van der Waals surface area contributed by atoms with E-state index in [4.69, 9.17) is 5.41 Å². The molecule has 194 valence electrons. The molecule has 0 aliphatic carbocycles. The van der Waals surface area contributed by atoms with Crippen LogP contribution in [-0.4, -0.2) is 52.8 Å². The molecule has 4 heterocycles. The Labute approximate surface area is 212 Å². The number of amides is 1. The van der Waals surface area contributed by atoms with E-state index in [2.05, 4.69) is 38.8 Å². The molecule has 4 N–H and O–H groups in total. The van der Waals surface area contributed by atoms with E-state index < -0.39 is 23.4 Å². The van der Waals surface area contributed by atoms with Crippen molar-refractivity contribution in [2.75, 3.05) is 20.1 Å². The summed E-state index contributed by atoms with van der Waals surface area (Å²) in [6.07, 6.45) is 2.32. The number of carbonyl (C=O) groups excluding carboxylic acids is 1. The third kappa shape index (κ3) is 4.73. The van der Waals surface area contributed by atoms with Crippen LogP contribution in [0.3, 0.4) is 0 Å². The number of nitrogens with zero attached hydrogens (tertiary/aromatic N) is 2. The van der Waals surface area contributed by atoms with Crippen LogP contribution in [0.15, 0.2) is 42.4 Å². The summed E-state index contributed by atoms with van der Waals surface area (Å²) in [7, 11) is 1.41. The molecule has 0 radical (unpaired) electrons. The Hall–Kier alpha value is -3.66. The zero-order valence-electron chi connectivity index (χ0n) is 20.7. The van der Waals surface area contributed by atoms with E-state index in [0.29, 0.717) is 6.42 Å². The van der Waals surface area contributed by atoms with E-state index in [1.54, 1.807) is 0 Å². The van der Waals surface area contributed by atoms with E-state index in [1.807, 2.05) is 19.3 Å². The predicted molar refractivity (Wildman–Crippen MR) is 136 cm³/mol. The highest BCUT2D eigenvalue weighted by atomic mass is 19.4. The minimum Gasteiger partial charge on any atom is -0.393 e. The Kier molecular flexibility index (Phi) is 6.53. The number of fused-ring (bicyclic) bond motifs is 2. The minimum atomic E-state index is -4.91. The van der Waals surface area contributed by atoms with Gasteiger partial charge in [0.1, 0.15) is 11.4 Å². The fourth-order valence-corrected chi connectivity index (χ4v) is 5.30. The van der Waals surface area contributed by atoms with Crippen molar-refractivity contribution in [1.82, 2.24) is 25.5 Å². The van der Waals surface area contributed by atoms with Crippen molar-refractivity contribution in [3.8, 4) is 11.1 Å². The molecule has 37 heavy (non-hydrogen) atoms. The SMILES string of the molecule is CN/C=C(\C(=N)C(F)(F)F)C(=O)N1CCc2cc(-c3cnc4[nH]cc(C)c4c3)cc(C3CCCN3)c2C1. The molecule has 2 aliphatic rings. The van der Waals surface area contributed by atoms with Gasteiger partial charge in [0, 0.05) is 55.7 Å². The van der Waals surface area contributed by atoms with Gasteiger partial charge in [0.05, 0.1) is 5.57 Å². The van der Waals surface area contributed by atoms with Gasteiger partial charge in [-0.2, -0.15) is 13.2 Å². The van der Waals surface area contributed by atoms with E-state index >= 15 is 0 Å². The lowest BCUT2D eigenvalue weighted by Crippen LogP contribution is -2.41. The molecule has 1 amide bonds. The van der Waals surface area contributed by atoms with Gasteiger partial charge in [0.2, 0.25) is 0 Å². The monoisotopic (exact) mass is 510 g/mol. The smallest absolute Gasteiger partial charge is 0.393 e. The molecule has 7 nitrogen and oxygen atoms in total. The number of aromatic amines is 1. The first-order chi connectivity index (χ1) is 17.7. The number of hydrogen-bond acceptors (Lipinski definition) is 5. The van der Waals surface area contributed by atoms with Crippen molar-refractivity contribution in [2.45, 2.75) is 44.9 Å². The molecule has 3 aromatic rings. The van der Waals surface area contributed by atoms with E-state index in [0.717, 1.165) is 70.0 Å². The number of hydrogen-bond donors (Lipinski definition) is 4. The summed E-state index contributed by atoms with van der Waals surface area (Å²) in [5.74, 6) is -0.797. The standard InChI is InChI=1S/C27H29F3N6O/c1-15-11-34-25-19(15)10-18(12-35-25)17-8-16-5-7-36(14-22(16)20(9-17)23-4-3-6-33-23)26(37)21(13-32-2)24(31)27(28,29)30/h8-13,23,31-33H,3-7,14H2,1-2H3,(H,34,35)/b21-13+,31-24?. The Morgan fingerprint density at radius 1 is 1.27 bits per heavy atom. The van der Waals surface area contributed by atoms with E-state index in [9.17, 15) is 18.0 Å². The van der Waals surface area contributed by atoms with E-state index in [-0.39, 0.29) is 19.1 Å². The van der Waals surface area contributed by atoms with Crippen molar-refractivity contribution in [3.63, 3.8) is 0 Å². The lowest BCUT2D eigenvalue weighted by atomic mass is 9.87. The number of benzene rings is 1. The third-order valence-corrected chi connectivity index (χ3v) is 7.24. The Morgan fingerprint density at radius 2 is 2.08 bits per heavy atom. The first kappa shape index (κ1) is 25.0. The summed E-state index contributed by atoms with van der Waals surface area (Å²) in [5, 5.41) is 14.6. The highest BCUT2D eigenvalue weighted by Crippen LogP contribution is 2.37. The van der Waals surface area contributed by atoms with Gasteiger partial charge >= 0.3 is 6.18 Å². The van der Waals surface area contributed by atoms with Gasteiger partial charge in [-0.3, -0.25) is 10.2 Å². The van der Waals surface area contributed by atoms with Gasteiger partial charge in [-0.15, -0.1) is 0 Å². The van der Waals surface area contributed by atoms with Gasteiger partial charge in [-0.05, 0) is 72.7 Å². The molecule has 1 aromatic carbocycles. The third-order valence-electron chi connectivity index (χ3n) is 7.24. The summed E-state index contributed by atoms with van der Waals surface area (Å²) in [6, 6.07) is 6.47. The summed E-state index contributed by atoms with van der Waals surface area (Å²) in [6.45, 7) is 3.39. The van der Waals surface area contributed by atoms with Gasteiger partial charge in [-0.1, -0.05) is 6.07 Å². The highest BCUT2D eigenvalue weighted by Gasteiger charge is 2.41. The number of halogens is 3. The molecule has 10 heteroatoms. The molecule has 2 aliphatic heterocycles. The normalized spacial score (nSPS) is 18.2. The molecular formula is C27H29F3N6O. The first-order valence-corrected chi connectivity index (χ1v) is 12.3. The predicted octanol–water partition coefficient (Wildman–Crippen LogP) is 4.53. The average molecular weight is 511 g/mol. The van der Waals surface area contributed by atoms with Gasteiger partial charge in [0.15, 0.2) is 0 Å². The fraction of sp³-hybridized carbons (Fsp3) is 0.370. The van der Waals surface area contributed by atoms with Crippen LogP contribution >= 0.6 is 0 Å². The van der Waals surface area contributed by atoms with Crippen molar-refractivity contribution in [3.05, 3.63) is 64.6 Å². The maximum atomic E-state index is 13.3. The van der Waals surface area contributed by atoms with Crippen LogP contribution < -0.4 is 10.6 Å². The first-order valence-electron chi connectivity index (χ1n) is 12.3. The number of aryl methyl sites for hydroxylation is 1. The lowest BCUT2D eigenvalue weighted by Gasteiger charge is -2.33. The zero-order chi connectivity index (χ0) is 26.3. The number of carbonyl (C=O) groups is 1. The number of alkyl halides is 3. The van der Waals surface area contributed by atoms with Crippen LogP contribution in [0.2, 0.25) is 0 Å². The highest BCUT2D eigenvalue weighted by molar-refractivity contribution is 6.22. The lowest BCUT2D eigenvalue weighted by molar-refractivity contribution is -0.128. The van der Waals surface area contributed by atoms with Crippen LogP contribution in [0.1, 0.15) is 41.1 Å². The van der Waals surface area contributed by atoms with Crippen molar-refractivity contribution in [1.29, 1.82) is 5.41 Å². The zero-order valence-corrected chi connectivity index (χ0v) is 20.7. The molecule has 0 spiro atoms. The van der Waals surface area contributed by atoms with Crippen LogP contribution in [0.5, 0.6) is 0 Å². The molecule has 1 fully saturated rings. The second-order valence-corrected chi connectivity index (χ2v) is 9.64. The van der Waals surface area contributed by atoms with Crippen LogP contribution in [0, 0.1) is 12.3 Å². The molecule has 1 unspecified atom stereocenters. The average Bonchev–Trinajstić information content (AvgIpc) is 3.55. The second-order valence-electron chi connectivity index (χ2n) is 9.64. The van der Waals surface area contributed by atoms with Crippen molar-refractivity contribution in [2.24, 2.45) is 0 Å². The van der Waals surface area contributed by atoms with Crippen LogP contribution in [0.25, 0.3) is 22.2 Å². The Morgan fingerprint density at radius 3 is 2.78 bits per heavy atom. The Bertz CT molecular complexity index is 1400. The number of pyridine rings is 1. The molecule has 1 atom stereocenters. The maximum absolute atomic E-state index is 13.3. The quantitative estimate of drug-likeness (QED) is 0.300. The molecule has 5 rings (SSSR count). The topological polar surface area (TPSA) is 96.9 Å². The largest absolute Gasteiger partial charge is 0.433 e. The minimum absolute atomic E-state index is 0.107. The number of nitrogens with one attached hydrogen (secondary N) is 4. The molecule has 0 saturated carbocycles. The fourth-order valence-electron chi connectivity index (χ4n) is 5.30. The maximum Gasteiger partial charge on any atom is 0.433 e. The molecule has 2 aromatic heterocycles. The number of H-pyrrole nitrogens is 1. The molecule has 1 saturated heterocycles. The summed E-state index contributed by atoms with van der Waals surface area (Å²) in [5.41, 5.74) is 4.77. The summed E-state index contributed by atoms with van der Waals surface area (Å²) >= 11 is 0. The second kappa shape index (κ2) is 9.66. The van der Waals surface area contributed by atoms with Gasteiger partial charge in [0.25, 0.3) is 5.91 Å². The number of aromatic nitrogens is 2. The molecular weight excluding hydrogens is 481 g/mol. The van der Waals surface area contributed by atoms with Crippen LogP contribution in [0.4, 0.5) is 13.2 Å².